The maximum atomic E-state index is 12.7. The van der Waals surface area contributed by atoms with Crippen LogP contribution in [0.3, 0.4) is 0 Å². The summed E-state index contributed by atoms with van der Waals surface area (Å²) in [7, 11) is -0.161. The van der Waals surface area contributed by atoms with Crippen LogP contribution in [0.2, 0.25) is 0 Å². The lowest BCUT2D eigenvalue weighted by molar-refractivity contribution is 0.143. The molecule has 21 heavy (non-hydrogen) atoms. The molecule has 1 heterocycles. The average Bonchev–Trinajstić information content (AvgIpc) is 2.47. The summed E-state index contributed by atoms with van der Waals surface area (Å²) in [6.07, 6.45) is 3.14. The van der Waals surface area contributed by atoms with Crippen LogP contribution in [0, 0.1) is 5.92 Å². The Kier molecular flexibility index (Phi) is 8.12. The highest BCUT2D eigenvalue weighted by Crippen LogP contribution is 2.21. The van der Waals surface area contributed by atoms with Crippen LogP contribution in [0.15, 0.2) is 0 Å². The topological polar surface area (TPSA) is 61.9 Å². The Bertz CT molecular complexity index is 389. The second-order valence-corrected chi connectivity index (χ2v) is 7.89. The van der Waals surface area contributed by atoms with E-state index < -0.39 is 10.2 Å². The van der Waals surface area contributed by atoms with Crippen molar-refractivity contribution in [2.45, 2.75) is 39.2 Å². The van der Waals surface area contributed by atoms with E-state index in [4.69, 9.17) is 4.74 Å². The normalized spacial score (nSPS) is 22.6. The molecule has 1 saturated heterocycles. The van der Waals surface area contributed by atoms with Gasteiger partial charge in [0.2, 0.25) is 0 Å². The second-order valence-electron chi connectivity index (χ2n) is 5.90. The Morgan fingerprint density at radius 3 is 2.81 bits per heavy atom. The summed E-state index contributed by atoms with van der Waals surface area (Å²) in [6.45, 7) is 7.54. The van der Waals surface area contributed by atoms with Gasteiger partial charge < -0.3 is 10.1 Å². The van der Waals surface area contributed by atoms with E-state index in [1.165, 1.54) is 4.31 Å². The number of methoxy groups -OCH3 is 1. The van der Waals surface area contributed by atoms with E-state index in [1.807, 2.05) is 6.92 Å². The number of nitrogens with zero attached hydrogens (tertiary/aromatic N) is 2. The number of piperidine rings is 1. The molecule has 7 heteroatoms. The van der Waals surface area contributed by atoms with Gasteiger partial charge in [-0.1, -0.05) is 6.92 Å². The number of hydrogen-bond acceptors (Lipinski definition) is 4. The number of nitrogens with one attached hydrogen (secondary N) is 1. The molecule has 6 nitrogen and oxygen atoms in total. The minimum Gasteiger partial charge on any atom is -0.383 e. The van der Waals surface area contributed by atoms with E-state index in [2.05, 4.69) is 12.2 Å². The van der Waals surface area contributed by atoms with Crippen LogP contribution < -0.4 is 5.32 Å². The molecule has 2 atom stereocenters. The molecule has 0 aromatic rings. The minimum absolute atomic E-state index is 0.154. The Hall–Kier alpha value is -0.210. The van der Waals surface area contributed by atoms with E-state index in [0.29, 0.717) is 25.6 Å². The van der Waals surface area contributed by atoms with Gasteiger partial charge in [-0.25, -0.2) is 0 Å². The first-order valence-corrected chi connectivity index (χ1v) is 9.25. The summed E-state index contributed by atoms with van der Waals surface area (Å²) in [6, 6.07) is -0.154. The van der Waals surface area contributed by atoms with Crippen molar-refractivity contribution < 1.29 is 13.2 Å². The first kappa shape index (κ1) is 18.8. The molecular weight excluding hydrogens is 290 g/mol. The zero-order valence-electron chi connectivity index (χ0n) is 13.8. The molecule has 0 saturated carbocycles. The Morgan fingerprint density at radius 1 is 1.48 bits per heavy atom. The van der Waals surface area contributed by atoms with Gasteiger partial charge >= 0.3 is 0 Å². The maximum Gasteiger partial charge on any atom is 0.282 e. The van der Waals surface area contributed by atoms with Crippen LogP contribution >= 0.6 is 0 Å². The molecule has 1 N–H and O–H groups in total. The Labute approximate surface area is 130 Å². The molecule has 0 bridgehead atoms. The van der Waals surface area contributed by atoms with Crippen LogP contribution in [0.1, 0.15) is 33.1 Å². The Morgan fingerprint density at radius 2 is 2.19 bits per heavy atom. The van der Waals surface area contributed by atoms with E-state index in [9.17, 15) is 8.42 Å². The maximum absolute atomic E-state index is 12.7. The second kappa shape index (κ2) is 9.05. The molecule has 0 aromatic heterocycles. The predicted octanol–water partition coefficient (Wildman–Crippen LogP) is 0.910. The first-order chi connectivity index (χ1) is 9.93. The number of likely N-dealkylation sites (N-methyl/N-ethyl adjacent to an activating group) is 1. The van der Waals surface area contributed by atoms with Crippen LogP contribution in [-0.2, 0) is 14.9 Å². The van der Waals surface area contributed by atoms with Crippen molar-refractivity contribution in [2.75, 3.05) is 46.9 Å². The number of ether oxygens (including phenoxy) is 1. The van der Waals surface area contributed by atoms with Gasteiger partial charge in [-0.05, 0) is 45.2 Å². The summed E-state index contributed by atoms with van der Waals surface area (Å²) in [5, 5.41) is 3.39. The minimum atomic E-state index is -3.39. The van der Waals surface area contributed by atoms with Crippen molar-refractivity contribution in [1.82, 2.24) is 13.9 Å². The van der Waals surface area contributed by atoms with E-state index >= 15 is 0 Å². The molecule has 0 radical (unpaired) electrons. The van der Waals surface area contributed by atoms with Crippen LogP contribution in [0.5, 0.6) is 0 Å². The third-order valence-electron chi connectivity index (χ3n) is 4.06. The highest BCUT2D eigenvalue weighted by atomic mass is 32.2. The van der Waals surface area contributed by atoms with Gasteiger partial charge in [-0.15, -0.1) is 0 Å². The summed E-state index contributed by atoms with van der Waals surface area (Å²) in [4.78, 5) is 0. The molecule has 0 amide bonds. The molecule has 1 aliphatic rings. The quantitative estimate of drug-likeness (QED) is 0.641. The van der Waals surface area contributed by atoms with E-state index in [0.717, 1.165) is 32.4 Å². The van der Waals surface area contributed by atoms with Crippen molar-refractivity contribution in [1.29, 1.82) is 0 Å². The first-order valence-electron chi connectivity index (χ1n) is 7.86. The zero-order valence-corrected chi connectivity index (χ0v) is 14.7. The zero-order chi connectivity index (χ0) is 15.9. The highest BCUT2D eigenvalue weighted by molar-refractivity contribution is 7.86. The average molecular weight is 321 g/mol. The fourth-order valence-corrected chi connectivity index (χ4v) is 4.28. The standard InChI is InChI=1S/C14H31N3O3S/c1-5-8-15-10-14-7-6-9-17(11-14)21(18,19)16(3)13(2)12-20-4/h13-15H,5-12H2,1-4H3. The van der Waals surface area contributed by atoms with Gasteiger partial charge in [-0.2, -0.15) is 17.0 Å². The third kappa shape index (κ3) is 5.49. The predicted molar refractivity (Wildman–Crippen MR) is 85.5 cm³/mol. The van der Waals surface area contributed by atoms with E-state index in [-0.39, 0.29) is 6.04 Å². The Balaban J connectivity index is 2.61. The van der Waals surface area contributed by atoms with Crippen LogP contribution in [-0.4, -0.2) is 70.0 Å². The van der Waals surface area contributed by atoms with Crippen molar-refractivity contribution in [3.05, 3.63) is 0 Å². The fourth-order valence-electron chi connectivity index (χ4n) is 2.64. The molecule has 1 fully saturated rings. The van der Waals surface area contributed by atoms with Crippen LogP contribution in [0.4, 0.5) is 0 Å². The van der Waals surface area contributed by atoms with Gasteiger partial charge in [0.15, 0.2) is 0 Å². The van der Waals surface area contributed by atoms with Gasteiger partial charge in [-0.3, -0.25) is 0 Å². The molecule has 1 aliphatic heterocycles. The fraction of sp³-hybridized carbons (Fsp3) is 1.00. The molecule has 0 aliphatic carbocycles. The summed E-state index contributed by atoms with van der Waals surface area (Å²) >= 11 is 0. The number of rotatable bonds is 9. The summed E-state index contributed by atoms with van der Waals surface area (Å²) < 4.78 is 33.4. The van der Waals surface area contributed by atoms with E-state index in [1.54, 1.807) is 18.5 Å². The SMILES string of the molecule is CCCNCC1CCCN(S(=O)(=O)N(C)C(C)COC)C1. The van der Waals surface area contributed by atoms with Gasteiger partial charge in [0.25, 0.3) is 10.2 Å². The van der Waals surface area contributed by atoms with Gasteiger partial charge in [0.1, 0.15) is 0 Å². The third-order valence-corrected chi connectivity index (χ3v) is 6.13. The largest absolute Gasteiger partial charge is 0.383 e. The lowest BCUT2D eigenvalue weighted by Gasteiger charge is -2.36. The van der Waals surface area contributed by atoms with Crippen molar-refractivity contribution in [3.8, 4) is 0 Å². The van der Waals surface area contributed by atoms with Gasteiger partial charge in [0, 0.05) is 33.3 Å². The number of hydrogen-bond donors (Lipinski definition) is 1. The monoisotopic (exact) mass is 321 g/mol. The summed E-state index contributed by atoms with van der Waals surface area (Å²) in [5.41, 5.74) is 0. The van der Waals surface area contributed by atoms with Crippen molar-refractivity contribution in [2.24, 2.45) is 5.92 Å². The van der Waals surface area contributed by atoms with Crippen molar-refractivity contribution >= 4 is 10.2 Å². The van der Waals surface area contributed by atoms with Crippen molar-refractivity contribution in [3.63, 3.8) is 0 Å². The van der Waals surface area contributed by atoms with Gasteiger partial charge in [0.05, 0.1) is 6.61 Å². The molecule has 0 spiro atoms. The molecule has 1 rings (SSSR count). The lowest BCUT2D eigenvalue weighted by Crippen LogP contribution is -2.51. The highest BCUT2D eigenvalue weighted by Gasteiger charge is 2.33. The molecule has 2 unspecified atom stereocenters. The molecule has 0 aromatic carbocycles. The molecular formula is C14H31N3O3S. The summed E-state index contributed by atoms with van der Waals surface area (Å²) in [5.74, 6) is 0.409. The van der Waals surface area contributed by atoms with Crippen LogP contribution in [0.25, 0.3) is 0 Å². The smallest absolute Gasteiger partial charge is 0.282 e. The molecule has 126 valence electrons. The lowest BCUT2D eigenvalue weighted by atomic mass is 10.00.